The van der Waals surface area contributed by atoms with Gasteiger partial charge in [-0.15, -0.1) is 0 Å². The van der Waals surface area contributed by atoms with Gasteiger partial charge in [0.1, 0.15) is 0 Å². The SMILES string of the molecule is CCNCc1cccc2c1ccn2CCC(=O)NC(C)C. The number of amides is 1. The van der Waals surface area contributed by atoms with Crippen LogP contribution in [0.3, 0.4) is 0 Å². The standard InChI is InChI=1S/C17H25N3O/c1-4-18-12-14-6-5-7-16-15(14)8-10-20(16)11-9-17(21)19-13(2)3/h5-8,10,13,18H,4,9,11-12H2,1-3H3,(H,19,21). The van der Waals surface area contributed by atoms with Gasteiger partial charge in [-0.3, -0.25) is 4.79 Å². The highest BCUT2D eigenvalue weighted by molar-refractivity contribution is 5.84. The van der Waals surface area contributed by atoms with Crippen molar-refractivity contribution >= 4 is 16.8 Å². The molecule has 1 aromatic carbocycles. The fraction of sp³-hybridized carbons (Fsp3) is 0.471. The molecule has 2 rings (SSSR count). The third-order valence-corrected chi connectivity index (χ3v) is 3.50. The first kappa shape index (κ1) is 15.6. The molecule has 0 aliphatic rings. The fourth-order valence-electron chi connectivity index (χ4n) is 2.51. The van der Waals surface area contributed by atoms with Crippen molar-refractivity contribution in [3.63, 3.8) is 0 Å². The van der Waals surface area contributed by atoms with E-state index in [0.29, 0.717) is 13.0 Å². The van der Waals surface area contributed by atoms with E-state index in [1.807, 2.05) is 13.8 Å². The second-order valence-electron chi connectivity index (χ2n) is 5.61. The van der Waals surface area contributed by atoms with Gasteiger partial charge in [0.25, 0.3) is 0 Å². The van der Waals surface area contributed by atoms with Crippen molar-refractivity contribution in [2.75, 3.05) is 6.54 Å². The van der Waals surface area contributed by atoms with Crippen LogP contribution in [0.1, 0.15) is 32.8 Å². The van der Waals surface area contributed by atoms with Gasteiger partial charge in [0.05, 0.1) is 0 Å². The zero-order valence-corrected chi connectivity index (χ0v) is 13.1. The van der Waals surface area contributed by atoms with E-state index in [1.54, 1.807) is 0 Å². The number of carbonyl (C=O) groups is 1. The van der Waals surface area contributed by atoms with Crippen LogP contribution >= 0.6 is 0 Å². The summed E-state index contributed by atoms with van der Waals surface area (Å²) in [5.41, 5.74) is 2.50. The molecule has 0 bridgehead atoms. The highest BCUT2D eigenvalue weighted by Gasteiger charge is 2.07. The van der Waals surface area contributed by atoms with Gasteiger partial charge in [-0.05, 0) is 38.1 Å². The minimum absolute atomic E-state index is 0.107. The molecule has 0 atom stereocenters. The Morgan fingerprint density at radius 1 is 1.29 bits per heavy atom. The molecular weight excluding hydrogens is 262 g/mol. The topological polar surface area (TPSA) is 46.1 Å². The minimum Gasteiger partial charge on any atom is -0.354 e. The molecule has 0 saturated carbocycles. The molecule has 0 spiro atoms. The molecule has 0 saturated heterocycles. The van der Waals surface area contributed by atoms with Crippen LogP contribution in [0.2, 0.25) is 0 Å². The fourth-order valence-corrected chi connectivity index (χ4v) is 2.51. The predicted octanol–water partition coefficient (Wildman–Crippen LogP) is 2.67. The maximum absolute atomic E-state index is 11.8. The average molecular weight is 287 g/mol. The van der Waals surface area contributed by atoms with Gasteiger partial charge in [0.2, 0.25) is 5.91 Å². The number of fused-ring (bicyclic) bond motifs is 1. The minimum atomic E-state index is 0.107. The summed E-state index contributed by atoms with van der Waals surface area (Å²) in [5.74, 6) is 0.107. The zero-order valence-electron chi connectivity index (χ0n) is 13.1. The summed E-state index contributed by atoms with van der Waals surface area (Å²) in [6.07, 6.45) is 2.59. The Balaban J connectivity index is 2.09. The number of rotatable bonds is 7. The van der Waals surface area contributed by atoms with E-state index in [-0.39, 0.29) is 11.9 Å². The van der Waals surface area contributed by atoms with Crippen LogP contribution in [-0.2, 0) is 17.9 Å². The third kappa shape index (κ3) is 4.08. The summed E-state index contributed by atoms with van der Waals surface area (Å²) in [6, 6.07) is 8.69. The number of carbonyl (C=O) groups excluding carboxylic acids is 1. The first-order valence-electron chi connectivity index (χ1n) is 7.68. The molecule has 0 radical (unpaired) electrons. The molecule has 114 valence electrons. The van der Waals surface area contributed by atoms with E-state index in [4.69, 9.17) is 0 Å². The predicted molar refractivity (Wildman–Crippen MR) is 87.2 cm³/mol. The van der Waals surface area contributed by atoms with Crippen molar-refractivity contribution < 1.29 is 4.79 Å². The van der Waals surface area contributed by atoms with Crippen molar-refractivity contribution in [3.8, 4) is 0 Å². The summed E-state index contributed by atoms with van der Waals surface area (Å²) in [7, 11) is 0. The summed E-state index contributed by atoms with van der Waals surface area (Å²) in [6.45, 7) is 8.63. The van der Waals surface area contributed by atoms with Gasteiger partial charge in [-0.25, -0.2) is 0 Å². The lowest BCUT2D eigenvalue weighted by Gasteiger charge is -2.10. The Labute approximate surface area is 126 Å². The van der Waals surface area contributed by atoms with Gasteiger partial charge >= 0.3 is 0 Å². The van der Waals surface area contributed by atoms with E-state index >= 15 is 0 Å². The van der Waals surface area contributed by atoms with Gasteiger partial charge in [0.15, 0.2) is 0 Å². The van der Waals surface area contributed by atoms with E-state index < -0.39 is 0 Å². The number of nitrogens with one attached hydrogen (secondary N) is 2. The second-order valence-corrected chi connectivity index (χ2v) is 5.61. The second kappa shape index (κ2) is 7.27. The van der Waals surface area contributed by atoms with E-state index in [2.05, 4.69) is 52.6 Å². The molecule has 0 aliphatic carbocycles. The van der Waals surface area contributed by atoms with Crippen molar-refractivity contribution in [2.24, 2.45) is 0 Å². The molecule has 2 N–H and O–H groups in total. The molecule has 0 unspecified atom stereocenters. The number of hydrogen-bond acceptors (Lipinski definition) is 2. The Kier molecular flexibility index (Phi) is 5.39. The van der Waals surface area contributed by atoms with Gasteiger partial charge in [-0.2, -0.15) is 0 Å². The van der Waals surface area contributed by atoms with Crippen LogP contribution in [0.4, 0.5) is 0 Å². The molecule has 4 nitrogen and oxygen atoms in total. The van der Waals surface area contributed by atoms with Crippen LogP contribution in [0, 0.1) is 0 Å². The quantitative estimate of drug-likeness (QED) is 0.822. The Morgan fingerprint density at radius 2 is 2.10 bits per heavy atom. The Morgan fingerprint density at radius 3 is 2.81 bits per heavy atom. The number of benzene rings is 1. The molecule has 0 aliphatic heterocycles. The summed E-state index contributed by atoms with van der Waals surface area (Å²) in [5, 5.41) is 7.56. The van der Waals surface area contributed by atoms with E-state index in [1.165, 1.54) is 16.5 Å². The average Bonchev–Trinajstić information content (AvgIpc) is 2.86. The maximum atomic E-state index is 11.8. The Bertz CT molecular complexity index is 601. The molecule has 21 heavy (non-hydrogen) atoms. The zero-order chi connectivity index (χ0) is 15.2. The highest BCUT2D eigenvalue weighted by atomic mass is 16.1. The molecule has 0 fully saturated rings. The first-order valence-corrected chi connectivity index (χ1v) is 7.68. The van der Waals surface area contributed by atoms with Crippen LogP contribution < -0.4 is 10.6 Å². The summed E-state index contributed by atoms with van der Waals surface area (Å²) >= 11 is 0. The molecule has 2 aromatic rings. The molecular formula is C17H25N3O. The summed E-state index contributed by atoms with van der Waals surface area (Å²) in [4.78, 5) is 11.8. The van der Waals surface area contributed by atoms with Crippen molar-refractivity contribution in [1.82, 2.24) is 15.2 Å². The lowest BCUT2D eigenvalue weighted by Crippen LogP contribution is -2.30. The van der Waals surface area contributed by atoms with Crippen LogP contribution in [0.25, 0.3) is 10.9 Å². The van der Waals surface area contributed by atoms with Crippen molar-refractivity contribution in [1.29, 1.82) is 0 Å². The number of hydrogen-bond donors (Lipinski definition) is 2. The molecule has 1 amide bonds. The maximum Gasteiger partial charge on any atom is 0.221 e. The molecule has 1 heterocycles. The van der Waals surface area contributed by atoms with Crippen molar-refractivity contribution in [2.45, 2.75) is 46.3 Å². The molecule has 4 heteroatoms. The van der Waals surface area contributed by atoms with E-state index in [9.17, 15) is 4.79 Å². The van der Waals surface area contributed by atoms with Gasteiger partial charge < -0.3 is 15.2 Å². The molecule has 1 aromatic heterocycles. The van der Waals surface area contributed by atoms with Gasteiger partial charge in [-0.1, -0.05) is 19.1 Å². The smallest absolute Gasteiger partial charge is 0.221 e. The number of aromatic nitrogens is 1. The third-order valence-electron chi connectivity index (χ3n) is 3.50. The van der Waals surface area contributed by atoms with Crippen LogP contribution in [0.15, 0.2) is 30.5 Å². The lowest BCUT2D eigenvalue weighted by atomic mass is 10.1. The lowest BCUT2D eigenvalue weighted by molar-refractivity contribution is -0.121. The Hall–Kier alpha value is -1.81. The van der Waals surface area contributed by atoms with E-state index in [0.717, 1.165) is 13.1 Å². The van der Waals surface area contributed by atoms with Crippen LogP contribution in [-0.4, -0.2) is 23.1 Å². The highest BCUT2D eigenvalue weighted by Crippen LogP contribution is 2.20. The van der Waals surface area contributed by atoms with Crippen LogP contribution in [0.5, 0.6) is 0 Å². The normalized spacial score (nSPS) is 11.2. The monoisotopic (exact) mass is 287 g/mol. The number of aryl methyl sites for hydroxylation is 1. The summed E-state index contributed by atoms with van der Waals surface area (Å²) < 4.78 is 2.16. The number of nitrogens with zero attached hydrogens (tertiary/aromatic N) is 1. The van der Waals surface area contributed by atoms with Crippen molar-refractivity contribution in [3.05, 3.63) is 36.0 Å². The van der Waals surface area contributed by atoms with Gasteiger partial charge in [0, 0.05) is 42.7 Å². The largest absolute Gasteiger partial charge is 0.354 e. The first-order chi connectivity index (χ1) is 10.1.